The first-order chi connectivity index (χ1) is 9.81. The van der Waals surface area contributed by atoms with Crippen LogP contribution in [-0.2, 0) is 4.79 Å². The number of rotatable bonds is 3. The van der Waals surface area contributed by atoms with Gasteiger partial charge in [0.15, 0.2) is 0 Å². The van der Waals surface area contributed by atoms with Gasteiger partial charge in [-0.15, -0.1) is 0 Å². The van der Waals surface area contributed by atoms with Gasteiger partial charge in [0, 0.05) is 0 Å². The number of hydrazine groups is 1. The maximum Gasteiger partial charge on any atom is 0.245 e. The number of carbonyl (C=O) groups excluding carboxylic acids is 1. The van der Waals surface area contributed by atoms with Gasteiger partial charge in [0.25, 0.3) is 0 Å². The normalized spacial score (nSPS) is 18.6. The number of hydrogen-bond donors (Lipinski definition) is 1. The third-order valence-corrected chi connectivity index (χ3v) is 3.55. The topological polar surface area (TPSA) is 43.8 Å². The molecule has 1 fully saturated rings. The molecule has 1 atom stereocenters. The van der Waals surface area contributed by atoms with E-state index in [1.165, 1.54) is 5.01 Å². The molecule has 2 aromatic rings. The summed E-state index contributed by atoms with van der Waals surface area (Å²) in [6, 6.07) is 19.5. The molecule has 0 bridgehead atoms. The zero-order chi connectivity index (χ0) is 13.9. The average molecular weight is 268 g/mol. The van der Waals surface area contributed by atoms with Crippen LogP contribution in [-0.4, -0.2) is 22.8 Å². The zero-order valence-electron chi connectivity index (χ0n) is 11.0. The average Bonchev–Trinajstić information content (AvgIpc) is 2.85. The molecular weight excluding hydrogens is 252 g/mol. The molecular formula is C16H16N2O2. The molecule has 1 unspecified atom stereocenters. The van der Waals surface area contributed by atoms with Crippen LogP contribution in [0.2, 0.25) is 0 Å². The van der Waals surface area contributed by atoms with Gasteiger partial charge in [-0.2, -0.15) is 0 Å². The quantitative estimate of drug-likeness (QED) is 0.929. The van der Waals surface area contributed by atoms with Gasteiger partial charge in [-0.3, -0.25) is 9.80 Å². The molecule has 0 spiro atoms. The Kier molecular flexibility index (Phi) is 3.39. The van der Waals surface area contributed by atoms with Crippen molar-refractivity contribution >= 4 is 11.6 Å². The Morgan fingerprint density at radius 1 is 1.00 bits per heavy atom. The standard InChI is InChI=1S/C16H16N2O2/c19-12-17-16(20)11-15(13-7-3-1-4-8-13)18(17)14-9-5-2-6-10-14/h1-10,15,19H,11-12H2. The van der Waals surface area contributed by atoms with Crippen molar-refractivity contribution in [1.29, 1.82) is 0 Å². The van der Waals surface area contributed by atoms with Crippen molar-refractivity contribution in [3.63, 3.8) is 0 Å². The maximum atomic E-state index is 12.1. The molecule has 1 aliphatic heterocycles. The molecule has 0 aliphatic carbocycles. The Morgan fingerprint density at radius 3 is 2.20 bits per heavy atom. The van der Waals surface area contributed by atoms with Crippen molar-refractivity contribution in [1.82, 2.24) is 5.01 Å². The predicted octanol–water partition coefficient (Wildman–Crippen LogP) is 2.33. The van der Waals surface area contributed by atoms with Gasteiger partial charge in [-0.1, -0.05) is 48.5 Å². The minimum absolute atomic E-state index is 0.0646. The highest BCUT2D eigenvalue weighted by Crippen LogP contribution is 2.36. The first-order valence-electron chi connectivity index (χ1n) is 6.61. The molecule has 3 rings (SSSR count). The molecule has 102 valence electrons. The number of para-hydroxylation sites is 1. The van der Waals surface area contributed by atoms with E-state index in [1.54, 1.807) is 0 Å². The fourth-order valence-corrected chi connectivity index (χ4v) is 2.63. The van der Waals surface area contributed by atoms with Gasteiger partial charge in [-0.25, -0.2) is 5.01 Å². The minimum atomic E-state index is -0.308. The molecule has 1 saturated heterocycles. The molecule has 1 aliphatic rings. The van der Waals surface area contributed by atoms with Crippen molar-refractivity contribution in [2.24, 2.45) is 0 Å². The van der Waals surface area contributed by atoms with Crippen molar-refractivity contribution < 1.29 is 9.90 Å². The van der Waals surface area contributed by atoms with Crippen molar-refractivity contribution in [3.05, 3.63) is 66.2 Å². The summed E-state index contributed by atoms with van der Waals surface area (Å²) in [5.74, 6) is -0.0646. The lowest BCUT2D eigenvalue weighted by Crippen LogP contribution is -2.40. The first-order valence-corrected chi connectivity index (χ1v) is 6.61. The van der Waals surface area contributed by atoms with Gasteiger partial charge in [0.1, 0.15) is 6.73 Å². The van der Waals surface area contributed by atoms with Gasteiger partial charge in [-0.05, 0) is 17.7 Å². The molecule has 1 heterocycles. The molecule has 2 aromatic carbocycles. The van der Waals surface area contributed by atoms with E-state index in [0.717, 1.165) is 11.3 Å². The predicted molar refractivity (Wildman–Crippen MR) is 76.7 cm³/mol. The zero-order valence-corrected chi connectivity index (χ0v) is 11.0. The van der Waals surface area contributed by atoms with E-state index < -0.39 is 0 Å². The van der Waals surface area contributed by atoms with Gasteiger partial charge >= 0.3 is 0 Å². The number of hydrogen-bond acceptors (Lipinski definition) is 3. The summed E-state index contributed by atoms with van der Waals surface area (Å²) in [6.07, 6.45) is 0.374. The highest BCUT2D eigenvalue weighted by Gasteiger charge is 2.38. The summed E-state index contributed by atoms with van der Waals surface area (Å²) in [5, 5.41) is 12.8. The van der Waals surface area contributed by atoms with Crippen LogP contribution in [0.15, 0.2) is 60.7 Å². The summed E-state index contributed by atoms with van der Waals surface area (Å²) in [5.41, 5.74) is 1.97. The van der Waals surface area contributed by atoms with Crippen molar-refractivity contribution in [2.75, 3.05) is 11.7 Å². The van der Waals surface area contributed by atoms with Gasteiger partial charge < -0.3 is 5.11 Å². The van der Waals surface area contributed by atoms with Gasteiger partial charge in [0.2, 0.25) is 5.91 Å². The number of carbonyl (C=O) groups is 1. The van der Waals surface area contributed by atoms with E-state index in [2.05, 4.69) is 0 Å². The van der Waals surface area contributed by atoms with E-state index in [9.17, 15) is 9.90 Å². The monoisotopic (exact) mass is 268 g/mol. The largest absolute Gasteiger partial charge is 0.374 e. The van der Waals surface area contributed by atoms with Crippen LogP contribution >= 0.6 is 0 Å². The van der Waals surface area contributed by atoms with E-state index in [4.69, 9.17) is 0 Å². The number of benzene rings is 2. The number of nitrogens with zero attached hydrogens (tertiary/aromatic N) is 2. The Balaban J connectivity index is 2.03. The van der Waals surface area contributed by atoms with E-state index >= 15 is 0 Å². The Labute approximate surface area is 117 Å². The highest BCUT2D eigenvalue weighted by atomic mass is 16.3. The lowest BCUT2D eigenvalue weighted by Gasteiger charge is -2.32. The molecule has 4 heteroatoms. The van der Waals surface area contributed by atoms with Gasteiger partial charge in [0.05, 0.1) is 18.2 Å². The number of amides is 1. The minimum Gasteiger partial charge on any atom is -0.374 e. The maximum absolute atomic E-state index is 12.1. The Morgan fingerprint density at radius 2 is 1.60 bits per heavy atom. The Bertz CT molecular complexity index is 586. The first kappa shape index (κ1) is 12.7. The molecule has 1 N–H and O–H groups in total. The van der Waals surface area contributed by atoms with E-state index in [0.29, 0.717) is 6.42 Å². The van der Waals surface area contributed by atoms with Crippen LogP contribution in [0.3, 0.4) is 0 Å². The Hall–Kier alpha value is -2.33. The summed E-state index contributed by atoms with van der Waals surface area (Å²) in [7, 11) is 0. The van der Waals surface area contributed by atoms with Crippen LogP contribution in [0.1, 0.15) is 18.0 Å². The lowest BCUT2D eigenvalue weighted by molar-refractivity contribution is -0.131. The summed E-state index contributed by atoms with van der Waals surface area (Å²) in [6.45, 7) is -0.308. The second kappa shape index (κ2) is 5.35. The second-order valence-corrected chi connectivity index (χ2v) is 4.75. The summed E-state index contributed by atoms with van der Waals surface area (Å²) >= 11 is 0. The van der Waals surface area contributed by atoms with E-state index in [1.807, 2.05) is 65.7 Å². The second-order valence-electron chi connectivity index (χ2n) is 4.75. The highest BCUT2D eigenvalue weighted by molar-refractivity contribution is 5.83. The molecule has 0 aromatic heterocycles. The lowest BCUT2D eigenvalue weighted by atomic mass is 10.0. The number of aliphatic hydroxyl groups is 1. The fourth-order valence-electron chi connectivity index (χ4n) is 2.63. The SMILES string of the molecule is O=C1CC(c2ccccc2)N(c2ccccc2)N1CO. The third kappa shape index (κ3) is 2.14. The fraction of sp³-hybridized carbons (Fsp3) is 0.188. The van der Waals surface area contributed by atoms with Crippen LogP contribution in [0.25, 0.3) is 0 Å². The summed E-state index contributed by atoms with van der Waals surface area (Å²) < 4.78 is 0. The van der Waals surface area contributed by atoms with Crippen LogP contribution in [0, 0.1) is 0 Å². The van der Waals surface area contributed by atoms with Crippen LogP contribution < -0.4 is 5.01 Å². The number of aliphatic hydroxyl groups excluding tert-OH is 1. The number of anilines is 1. The molecule has 20 heavy (non-hydrogen) atoms. The van der Waals surface area contributed by atoms with Crippen molar-refractivity contribution in [3.8, 4) is 0 Å². The van der Waals surface area contributed by atoms with Crippen molar-refractivity contribution in [2.45, 2.75) is 12.5 Å². The molecule has 0 saturated carbocycles. The van der Waals surface area contributed by atoms with Crippen LogP contribution in [0.5, 0.6) is 0 Å². The molecule has 0 radical (unpaired) electrons. The van der Waals surface area contributed by atoms with E-state index in [-0.39, 0.29) is 18.7 Å². The van der Waals surface area contributed by atoms with Crippen LogP contribution in [0.4, 0.5) is 5.69 Å². The third-order valence-electron chi connectivity index (χ3n) is 3.55. The molecule has 4 nitrogen and oxygen atoms in total. The smallest absolute Gasteiger partial charge is 0.245 e. The molecule has 1 amide bonds. The summed E-state index contributed by atoms with van der Waals surface area (Å²) in [4.78, 5) is 12.1.